The highest BCUT2D eigenvalue weighted by Gasteiger charge is 2.42. The molecule has 2 aliphatic rings. The van der Waals surface area contributed by atoms with Crippen molar-refractivity contribution < 1.29 is 4.79 Å². The van der Waals surface area contributed by atoms with Crippen molar-refractivity contribution in [1.82, 2.24) is 36.5 Å². The van der Waals surface area contributed by atoms with E-state index in [1.807, 2.05) is 50.4 Å². The van der Waals surface area contributed by atoms with Gasteiger partial charge in [-0.3, -0.25) is 10.2 Å². The number of aromatic nitrogens is 3. The minimum atomic E-state index is -0.619. The molecule has 2 fully saturated rings. The quantitative estimate of drug-likeness (QED) is 0.606. The van der Waals surface area contributed by atoms with Crippen molar-refractivity contribution >= 4 is 18.3 Å². The number of nitrogens with zero attached hydrogens (tertiary/aromatic N) is 3. The van der Waals surface area contributed by atoms with Crippen LogP contribution in [0.4, 0.5) is 0 Å². The van der Waals surface area contributed by atoms with E-state index in [2.05, 4.69) is 31.8 Å². The summed E-state index contributed by atoms with van der Waals surface area (Å²) in [5.41, 5.74) is 7.46. The van der Waals surface area contributed by atoms with Gasteiger partial charge in [-0.15, -0.1) is 17.5 Å². The fourth-order valence-corrected chi connectivity index (χ4v) is 3.68. The summed E-state index contributed by atoms with van der Waals surface area (Å²) in [5, 5.41) is 15.0. The Hall–Kier alpha value is -2.00. The van der Waals surface area contributed by atoms with E-state index >= 15 is 0 Å². The number of fused-ring (bicyclic) bond motifs is 1. The van der Waals surface area contributed by atoms with Gasteiger partial charge < -0.3 is 10.6 Å². The van der Waals surface area contributed by atoms with Crippen LogP contribution in [0, 0.1) is 5.92 Å². The second-order valence-electron chi connectivity index (χ2n) is 7.53. The molecule has 1 aromatic carbocycles. The summed E-state index contributed by atoms with van der Waals surface area (Å²) in [6, 6.07) is 9.89. The number of carbonyl (C=O) groups excluding carboxylic acids is 1. The Kier molecular flexibility index (Phi) is 5.81. The maximum Gasteiger partial charge on any atom is 0.239 e. The third kappa shape index (κ3) is 3.98. The molecular weight excluding hydrogens is 366 g/mol. The molecule has 4 N–H and O–H groups in total. The number of para-hydroxylation sites is 1. The van der Waals surface area contributed by atoms with Gasteiger partial charge in [0.15, 0.2) is 0 Å². The first kappa shape index (κ1) is 19.8. The monoisotopic (exact) mass is 391 g/mol. The first-order chi connectivity index (χ1) is 12.5. The van der Waals surface area contributed by atoms with E-state index < -0.39 is 5.54 Å². The Morgan fingerprint density at radius 3 is 2.81 bits per heavy atom. The zero-order valence-corrected chi connectivity index (χ0v) is 16.3. The van der Waals surface area contributed by atoms with Gasteiger partial charge in [0.1, 0.15) is 11.7 Å². The standard InChI is InChI=1S/C18H25N7O.ClH/c1-18(2,15-11-25(24-22-15)12-6-4-3-5-7-12)20-17(26)16-13-10-19-9-8-14(13)21-23-16;/h3-7,11,13-14,16,19,21,23H,8-10H2,1-2H3,(H,20,26);1H. The van der Waals surface area contributed by atoms with E-state index in [1.165, 1.54) is 0 Å². The lowest BCUT2D eigenvalue weighted by Gasteiger charge is -2.30. The lowest BCUT2D eigenvalue weighted by molar-refractivity contribution is -0.125. The van der Waals surface area contributed by atoms with Crippen molar-refractivity contribution in [3.8, 4) is 5.69 Å². The van der Waals surface area contributed by atoms with Crippen molar-refractivity contribution in [2.24, 2.45) is 5.92 Å². The Bertz CT molecular complexity index is 779. The molecule has 1 amide bonds. The number of hydrogen-bond donors (Lipinski definition) is 4. The molecule has 0 aliphatic carbocycles. The highest BCUT2D eigenvalue weighted by molar-refractivity contribution is 5.85. The largest absolute Gasteiger partial charge is 0.344 e. The van der Waals surface area contributed by atoms with Crippen LogP contribution in [0.3, 0.4) is 0 Å². The van der Waals surface area contributed by atoms with Crippen molar-refractivity contribution in [3.05, 3.63) is 42.2 Å². The first-order valence-electron chi connectivity index (χ1n) is 9.07. The third-order valence-electron chi connectivity index (χ3n) is 5.25. The number of nitrogens with one attached hydrogen (secondary N) is 4. The zero-order chi connectivity index (χ0) is 18.1. The predicted octanol–water partition coefficient (Wildman–Crippen LogP) is 0.495. The van der Waals surface area contributed by atoms with E-state index in [1.54, 1.807) is 4.68 Å². The number of halogens is 1. The van der Waals surface area contributed by atoms with E-state index in [0.717, 1.165) is 30.9 Å². The molecule has 3 atom stereocenters. The molecule has 1 aromatic heterocycles. The number of hydrogen-bond acceptors (Lipinski definition) is 6. The molecule has 9 heteroatoms. The summed E-state index contributed by atoms with van der Waals surface area (Å²) < 4.78 is 1.72. The molecular formula is C18H26ClN7O. The van der Waals surface area contributed by atoms with Crippen LogP contribution in [0.5, 0.6) is 0 Å². The highest BCUT2D eigenvalue weighted by atomic mass is 35.5. The number of hydrazine groups is 1. The van der Waals surface area contributed by atoms with Gasteiger partial charge in [-0.05, 0) is 38.9 Å². The van der Waals surface area contributed by atoms with Crippen LogP contribution < -0.4 is 21.5 Å². The van der Waals surface area contributed by atoms with Gasteiger partial charge in [-0.1, -0.05) is 23.4 Å². The molecule has 2 saturated heterocycles. The Morgan fingerprint density at radius 1 is 1.26 bits per heavy atom. The Labute approximate surface area is 164 Å². The van der Waals surface area contributed by atoms with Crippen LogP contribution in [0.2, 0.25) is 0 Å². The van der Waals surface area contributed by atoms with Crippen LogP contribution in [0.25, 0.3) is 5.69 Å². The fourth-order valence-electron chi connectivity index (χ4n) is 3.68. The maximum atomic E-state index is 12.9. The van der Waals surface area contributed by atoms with Crippen LogP contribution in [0.15, 0.2) is 36.5 Å². The second kappa shape index (κ2) is 7.93. The van der Waals surface area contributed by atoms with Gasteiger partial charge in [0.2, 0.25) is 5.91 Å². The van der Waals surface area contributed by atoms with Gasteiger partial charge >= 0.3 is 0 Å². The summed E-state index contributed by atoms with van der Waals surface area (Å²) in [7, 11) is 0. The van der Waals surface area contributed by atoms with Crippen LogP contribution >= 0.6 is 12.4 Å². The molecule has 2 aromatic rings. The van der Waals surface area contributed by atoms with E-state index in [0.29, 0.717) is 6.04 Å². The van der Waals surface area contributed by atoms with Crippen LogP contribution in [0.1, 0.15) is 26.0 Å². The molecule has 8 nitrogen and oxygen atoms in total. The number of amides is 1. The lowest BCUT2D eigenvalue weighted by Crippen LogP contribution is -2.53. The first-order valence-corrected chi connectivity index (χ1v) is 9.07. The minimum Gasteiger partial charge on any atom is -0.344 e. The lowest BCUT2D eigenvalue weighted by atomic mass is 9.88. The molecule has 0 radical (unpaired) electrons. The molecule has 0 bridgehead atoms. The van der Waals surface area contributed by atoms with Crippen molar-refractivity contribution in [2.75, 3.05) is 13.1 Å². The minimum absolute atomic E-state index is 0. The average Bonchev–Trinajstić information content (AvgIpc) is 3.30. The summed E-state index contributed by atoms with van der Waals surface area (Å²) in [6.45, 7) is 5.72. The van der Waals surface area contributed by atoms with Gasteiger partial charge in [-0.2, -0.15) is 0 Å². The van der Waals surface area contributed by atoms with Gasteiger partial charge in [0.05, 0.1) is 17.4 Å². The normalized spacial score (nSPS) is 24.7. The van der Waals surface area contributed by atoms with Crippen LogP contribution in [-0.4, -0.2) is 46.1 Å². The van der Waals surface area contributed by atoms with E-state index in [9.17, 15) is 4.79 Å². The Morgan fingerprint density at radius 2 is 2.04 bits per heavy atom. The van der Waals surface area contributed by atoms with Crippen molar-refractivity contribution in [3.63, 3.8) is 0 Å². The number of rotatable bonds is 4. The molecule has 2 aliphatic heterocycles. The maximum absolute atomic E-state index is 12.9. The number of benzene rings is 1. The fraction of sp³-hybridized carbons (Fsp3) is 0.500. The molecule has 0 saturated carbocycles. The number of carbonyl (C=O) groups is 1. The van der Waals surface area contributed by atoms with Gasteiger partial charge in [-0.25, -0.2) is 10.1 Å². The van der Waals surface area contributed by atoms with E-state index in [-0.39, 0.29) is 30.3 Å². The summed E-state index contributed by atoms with van der Waals surface area (Å²) >= 11 is 0. The molecule has 3 heterocycles. The SMILES string of the molecule is CC(C)(NC(=O)C1NNC2CCNCC21)c1cn(-c2ccccc2)nn1.Cl. The molecule has 146 valence electrons. The average molecular weight is 392 g/mol. The van der Waals surface area contributed by atoms with Gasteiger partial charge in [0, 0.05) is 18.5 Å². The summed E-state index contributed by atoms with van der Waals surface area (Å²) in [5.74, 6) is 0.229. The third-order valence-corrected chi connectivity index (χ3v) is 5.25. The molecule has 4 rings (SSSR count). The van der Waals surface area contributed by atoms with Crippen LogP contribution in [-0.2, 0) is 10.3 Å². The molecule has 27 heavy (non-hydrogen) atoms. The second-order valence-corrected chi connectivity index (χ2v) is 7.53. The smallest absolute Gasteiger partial charge is 0.239 e. The zero-order valence-electron chi connectivity index (χ0n) is 15.5. The molecule has 3 unspecified atom stereocenters. The topological polar surface area (TPSA) is 95.9 Å². The van der Waals surface area contributed by atoms with E-state index in [4.69, 9.17) is 0 Å². The van der Waals surface area contributed by atoms with Gasteiger partial charge in [0.25, 0.3) is 0 Å². The molecule has 0 spiro atoms. The Balaban J connectivity index is 0.00000210. The summed E-state index contributed by atoms with van der Waals surface area (Å²) in [6.07, 6.45) is 2.89. The number of piperidine rings is 1. The van der Waals surface area contributed by atoms with Crippen molar-refractivity contribution in [2.45, 2.75) is 37.9 Å². The summed E-state index contributed by atoms with van der Waals surface area (Å²) in [4.78, 5) is 12.9. The predicted molar refractivity (Wildman–Crippen MR) is 105 cm³/mol. The highest BCUT2D eigenvalue weighted by Crippen LogP contribution is 2.23. The van der Waals surface area contributed by atoms with Crippen molar-refractivity contribution in [1.29, 1.82) is 0 Å².